The molecule has 1 aliphatic heterocycles. The van der Waals surface area contributed by atoms with Crippen molar-refractivity contribution in [2.75, 3.05) is 26.7 Å². The van der Waals surface area contributed by atoms with Gasteiger partial charge in [0, 0.05) is 0 Å². The van der Waals surface area contributed by atoms with E-state index in [0.717, 1.165) is 13.1 Å². The number of rotatable bonds is 4. The molecule has 18 heavy (non-hydrogen) atoms. The van der Waals surface area contributed by atoms with Crippen molar-refractivity contribution in [3.8, 4) is 0 Å². The van der Waals surface area contributed by atoms with E-state index < -0.39 is 0 Å². The molecule has 1 aromatic rings. The van der Waals surface area contributed by atoms with Crippen LogP contribution in [0.1, 0.15) is 43.6 Å². The maximum absolute atomic E-state index is 5.80. The van der Waals surface area contributed by atoms with E-state index in [1.807, 2.05) is 13.3 Å². The summed E-state index contributed by atoms with van der Waals surface area (Å²) >= 11 is 0. The Labute approximate surface area is 111 Å². The fourth-order valence-electron chi connectivity index (χ4n) is 3.21. The van der Waals surface area contributed by atoms with Gasteiger partial charge in [0.15, 0.2) is 0 Å². The van der Waals surface area contributed by atoms with Gasteiger partial charge in [-0.05, 0) is 64.0 Å². The van der Waals surface area contributed by atoms with Crippen molar-refractivity contribution >= 4 is 0 Å². The van der Waals surface area contributed by atoms with Gasteiger partial charge < -0.3 is 9.73 Å². The van der Waals surface area contributed by atoms with Crippen molar-refractivity contribution < 1.29 is 4.42 Å². The molecule has 0 spiro atoms. The summed E-state index contributed by atoms with van der Waals surface area (Å²) in [4.78, 5) is 2.58. The molecule has 0 aromatic carbocycles. The van der Waals surface area contributed by atoms with Crippen LogP contribution in [0, 0.1) is 12.8 Å². The Morgan fingerprint density at radius 2 is 2.28 bits per heavy atom. The molecule has 3 nitrogen and oxygen atoms in total. The van der Waals surface area contributed by atoms with E-state index in [0.29, 0.717) is 12.0 Å². The molecule has 3 heteroatoms. The zero-order valence-electron chi connectivity index (χ0n) is 11.9. The Bertz CT molecular complexity index is 361. The number of furan rings is 1. The molecule has 2 atom stereocenters. The third-order valence-electron chi connectivity index (χ3n) is 4.15. The molecule has 1 saturated heterocycles. The molecular formula is C15H26N2O. The van der Waals surface area contributed by atoms with Crippen LogP contribution in [0.15, 0.2) is 16.7 Å². The number of nitrogens with zero attached hydrogens (tertiary/aromatic N) is 1. The molecule has 1 aromatic heterocycles. The number of aryl methyl sites for hydroxylation is 1. The molecule has 2 unspecified atom stereocenters. The Morgan fingerprint density at radius 1 is 1.44 bits per heavy atom. The molecule has 1 fully saturated rings. The van der Waals surface area contributed by atoms with E-state index in [1.54, 1.807) is 0 Å². The number of hydrogen-bond acceptors (Lipinski definition) is 3. The van der Waals surface area contributed by atoms with Crippen LogP contribution in [0.3, 0.4) is 0 Å². The second-order valence-corrected chi connectivity index (χ2v) is 5.35. The van der Waals surface area contributed by atoms with E-state index in [1.165, 1.54) is 37.1 Å². The average molecular weight is 250 g/mol. The summed E-state index contributed by atoms with van der Waals surface area (Å²) in [6, 6.07) is 2.53. The number of nitrogens with one attached hydrogen (secondary N) is 1. The van der Waals surface area contributed by atoms with Crippen molar-refractivity contribution in [1.29, 1.82) is 0 Å². The summed E-state index contributed by atoms with van der Waals surface area (Å²) in [6.45, 7) is 7.79. The Kier molecular flexibility index (Phi) is 4.84. The van der Waals surface area contributed by atoms with Crippen LogP contribution in [-0.2, 0) is 0 Å². The molecule has 0 saturated carbocycles. The van der Waals surface area contributed by atoms with E-state index in [2.05, 4.69) is 30.1 Å². The summed E-state index contributed by atoms with van der Waals surface area (Å²) in [5.41, 5.74) is 1.29. The van der Waals surface area contributed by atoms with Crippen molar-refractivity contribution in [3.63, 3.8) is 0 Å². The molecule has 0 bridgehead atoms. The van der Waals surface area contributed by atoms with E-state index >= 15 is 0 Å². The molecule has 0 amide bonds. The third-order valence-corrected chi connectivity index (χ3v) is 4.15. The van der Waals surface area contributed by atoms with Crippen LogP contribution < -0.4 is 5.32 Å². The topological polar surface area (TPSA) is 28.4 Å². The van der Waals surface area contributed by atoms with Crippen molar-refractivity contribution in [2.24, 2.45) is 5.92 Å². The maximum atomic E-state index is 5.80. The first-order chi connectivity index (χ1) is 8.77. The average Bonchev–Trinajstić information content (AvgIpc) is 2.68. The molecule has 102 valence electrons. The lowest BCUT2D eigenvalue weighted by Gasteiger charge is -2.33. The highest BCUT2D eigenvalue weighted by molar-refractivity contribution is 5.19. The standard InChI is InChI=1S/C15H26N2O/c1-4-17-9-6-5-7-13(11-16-3)14(17)15-12(2)8-10-18-15/h8,10,13-14,16H,4-7,9,11H2,1-3H3. The highest BCUT2D eigenvalue weighted by atomic mass is 16.3. The van der Waals surface area contributed by atoms with Gasteiger partial charge in [-0.1, -0.05) is 13.3 Å². The molecule has 1 aliphatic rings. The largest absolute Gasteiger partial charge is 0.467 e. The quantitative estimate of drug-likeness (QED) is 0.890. The normalized spacial score (nSPS) is 26.2. The molecule has 1 N–H and O–H groups in total. The lowest BCUT2D eigenvalue weighted by Crippen LogP contribution is -2.36. The highest BCUT2D eigenvalue weighted by Crippen LogP contribution is 2.36. The van der Waals surface area contributed by atoms with Gasteiger partial charge in [-0.15, -0.1) is 0 Å². The lowest BCUT2D eigenvalue weighted by atomic mass is 9.91. The van der Waals surface area contributed by atoms with Gasteiger partial charge >= 0.3 is 0 Å². The van der Waals surface area contributed by atoms with Crippen LogP contribution in [0.5, 0.6) is 0 Å². The zero-order valence-corrected chi connectivity index (χ0v) is 11.9. The Morgan fingerprint density at radius 3 is 2.89 bits per heavy atom. The summed E-state index contributed by atoms with van der Waals surface area (Å²) in [6.07, 6.45) is 5.77. The molecule has 0 aliphatic carbocycles. The molecular weight excluding hydrogens is 224 g/mol. The van der Waals surface area contributed by atoms with Gasteiger partial charge in [-0.25, -0.2) is 0 Å². The van der Waals surface area contributed by atoms with Gasteiger partial charge in [0.05, 0.1) is 12.3 Å². The predicted octanol–water partition coefficient (Wildman–Crippen LogP) is 2.97. The summed E-state index contributed by atoms with van der Waals surface area (Å²) in [5, 5.41) is 3.35. The van der Waals surface area contributed by atoms with Crippen molar-refractivity contribution in [2.45, 2.75) is 39.2 Å². The lowest BCUT2D eigenvalue weighted by molar-refractivity contribution is 0.139. The Balaban J connectivity index is 2.29. The second-order valence-electron chi connectivity index (χ2n) is 5.35. The van der Waals surface area contributed by atoms with Crippen molar-refractivity contribution in [3.05, 3.63) is 23.7 Å². The van der Waals surface area contributed by atoms with Crippen LogP contribution in [0.4, 0.5) is 0 Å². The summed E-state index contributed by atoms with van der Waals surface area (Å²) < 4.78 is 5.80. The van der Waals surface area contributed by atoms with Crippen LogP contribution in [0.25, 0.3) is 0 Å². The highest BCUT2D eigenvalue weighted by Gasteiger charge is 2.32. The van der Waals surface area contributed by atoms with E-state index in [9.17, 15) is 0 Å². The Hall–Kier alpha value is -0.800. The first-order valence-corrected chi connectivity index (χ1v) is 7.20. The predicted molar refractivity (Wildman–Crippen MR) is 74.7 cm³/mol. The van der Waals surface area contributed by atoms with Gasteiger partial charge in [-0.2, -0.15) is 0 Å². The smallest absolute Gasteiger partial charge is 0.124 e. The number of likely N-dealkylation sites (tertiary alicyclic amines) is 1. The van der Waals surface area contributed by atoms with Gasteiger partial charge in [-0.3, -0.25) is 4.90 Å². The first-order valence-electron chi connectivity index (χ1n) is 7.20. The molecule has 2 heterocycles. The SMILES string of the molecule is CCN1CCCCC(CNC)C1c1occc1C. The maximum Gasteiger partial charge on any atom is 0.124 e. The number of hydrogen-bond donors (Lipinski definition) is 1. The molecule has 0 radical (unpaired) electrons. The van der Waals surface area contributed by atoms with Crippen LogP contribution >= 0.6 is 0 Å². The van der Waals surface area contributed by atoms with Crippen molar-refractivity contribution in [1.82, 2.24) is 10.2 Å². The van der Waals surface area contributed by atoms with Gasteiger partial charge in [0.25, 0.3) is 0 Å². The molecule has 2 rings (SSSR count). The minimum atomic E-state index is 0.444. The minimum absolute atomic E-state index is 0.444. The van der Waals surface area contributed by atoms with E-state index in [-0.39, 0.29) is 0 Å². The van der Waals surface area contributed by atoms with Crippen LogP contribution in [-0.4, -0.2) is 31.6 Å². The summed E-state index contributed by atoms with van der Waals surface area (Å²) in [5.74, 6) is 1.83. The fourth-order valence-corrected chi connectivity index (χ4v) is 3.21. The van der Waals surface area contributed by atoms with E-state index in [4.69, 9.17) is 4.42 Å². The van der Waals surface area contributed by atoms with Gasteiger partial charge in [0.1, 0.15) is 5.76 Å². The van der Waals surface area contributed by atoms with Crippen LogP contribution in [0.2, 0.25) is 0 Å². The van der Waals surface area contributed by atoms with Gasteiger partial charge in [0.2, 0.25) is 0 Å². The summed E-state index contributed by atoms with van der Waals surface area (Å²) in [7, 11) is 2.05. The minimum Gasteiger partial charge on any atom is -0.467 e. The monoisotopic (exact) mass is 250 g/mol. The first kappa shape index (κ1) is 13.6. The fraction of sp³-hybridized carbons (Fsp3) is 0.733. The second kappa shape index (κ2) is 6.39. The third kappa shape index (κ3) is 2.78. The zero-order chi connectivity index (χ0) is 13.0.